The smallest absolute Gasteiger partial charge is 0.154 e. The maximum Gasteiger partial charge on any atom is 0.154 e. The molecule has 0 N–H and O–H groups in total. The molecule has 0 unspecified atom stereocenters. The van der Waals surface area contributed by atoms with Crippen molar-refractivity contribution in [2.24, 2.45) is 5.92 Å². The Bertz CT molecular complexity index is 546. The van der Waals surface area contributed by atoms with Crippen LogP contribution >= 0.6 is 11.6 Å². The zero-order valence-corrected chi connectivity index (χ0v) is 10.8. The molecule has 0 radical (unpaired) electrons. The van der Waals surface area contributed by atoms with Crippen LogP contribution in [0, 0.1) is 11.7 Å². The fraction of sp³-hybridized carbons (Fsp3) is 0.133. The van der Waals surface area contributed by atoms with Gasteiger partial charge in [0.2, 0.25) is 0 Å². The maximum atomic E-state index is 13.3. The molecule has 0 saturated carbocycles. The fourth-order valence-corrected chi connectivity index (χ4v) is 1.92. The van der Waals surface area contributed by atoms with Crippen molar-refractivity contribution in [2.45, 2.75) is 0 Å². The summed E-state index contributed by atoms with van der Waals surface area (Å²) in [6, 6.07) is 2.60. The lowest BCUT2D eigenvalue weighted by Gasteiger charge is -2.12. The third-order valence-corrected chi connectivity index (χ3v) is 3.08. The summed E-state index contributed by atoms with van der Waals surface area (Å²) < 4.78 is 18.8. The van der Waals surface area contributed by atoms with E-state index in [0.29, 0.717) is 18.6 Å². The van der Waals surface area contributed by atoms with Crippen LogP contribution < -0.4 is 4.74 Å². The van der Waals surface area contributed by atoms with Crippen molar-refractivity contribution in [3.05, 3.63) is 65.0 Å². The molecule has 0 amide bonds. The van der Waals surface area contributed by atoms with E-state index in [9.17, 15) is 9.18 Å². The third kappa shape index (κ3) is 3.32. The first-order valence-corrected chi connectivity index (χ1v) is 6.18. The first-order chi connectivity index (χ1) is 9.22. The Morgan fingerprint density at radius 1 is 1.21 bits per heavy atom. The average molecular weight is 279 g/mol. The molecule has 0 aromatic heterocycles. The SMILES string of the molecule is O=Cc1c(F)ccc(OCC2C=CC=CC=C2)c1Cl. The predicted molar refractivity (Wildman–Crippen MR) is 73.2 cm³/mol. The number of carbonyl (C=O) groups is 1. The highest BCUT2D eigenvalue weighted by Gasteiger charge is 2.13. The summed E-state index contributed by atoms with van der Waals surface area (Å²) in [7, 11) is 0. The van der Waals surface area contributed by atoms with Gasteiger partial charge in [-0.2, -0.15) is 0 Å². The Kier molecular flexibility index (Phi) is 4.53. The molecule has 19 heavy (non-hydrogen) atoms. The first kappa shape index (κ1) is 13.6. The van der Waals surface area contributed by atoms with Crippen LogP contribution in [0.4, 0.5) is 4.39 Å². The van der Waals surface area contributed by atoms with E-state index in [1.807, 2.05) is 36.5 Å². The van der Waals surface area contributed by atoms with Gasteiger partial charge in [-0.3, -0.25) is 4.79 Å². The summed E-state index contributed by atoms with van der Waals surface area (Å²) in [5, 5.41) is 0.00899. The van der Waals surface area contributed by atoms with Crippen molar-refractivity contribution in [1.82, 2.24) is 0 Å². The van der Waals surface area contributed by atoms with Crippen LogP contribution in [0.1, 0.15) is 10.4 Å². The van der Waals surface area contributed by atoms with E-state index in [0.717, 1.165) is 0 Å². The number of halogens is 2. The molecule has 1 aliphatic rings. The summed E-state index contributed by atoms with van der Waals surface area (Å²) in [6.45, 7) is 0.373. The van der Waals surface area contributed by atoms with Crippen molar-refractivity contribution in [1.29, 1.82) is 0 Å². The lowest BCUT2D eigenvalue weighted by atomic mass is 10.1. The molecule has 1 aromatic carbocycles. The second-order valence-corrected chi connectivity index (χ2v) is 4.40. The zero-order valence-electron chi connectivity index (χ0n) is 10.1. The van der Waals surface area contributed by atoms with E-state index in [4.69, 9.17) is 16.3 Å². The molecule has 1 aromatic rings. The molecule has 0 atom stereocenters. The second-order valence-electron chi connectivity index (χ2n) is 4.02. The monoisotopic (exact) mass is 278 g/mol. The highest BCUT2D eigenvalue weighted by atomic mass is 35.5. The number of rotatable bonds is 4. The Morgan fingerprint density at radius 2 is 1.89 bits per heavy atom. The Morgan fingerprint density at radius 3 is 2.53 bits per heavy atom. The van der Waals surface area contributed by atoms with Gasteiger partial charge in [0.15, 0.2) is 6.29 Å². The molecule has 0 fully saturated rings. The molecule has 0 aliphatic heterocycles. The molecular formula is C15H12ClFO2. The standard InChI is InChI=1S/C15H12ClFO2/c16-15-12(9-18)13(17)7-8-14(15)19-10-11-5-3-1-2-4-6-11/h1-9,11H,10H2. The van der Waals surface area contributed by atoms with E-state index in [1.165, 1.54) is 12.1 Å². The number of benzene rings is 1. The minimum atomic E-state index is -0.647. The van der Waals surface area contributed by atoms with E-state index < -0.39 is 5.82 Å². The van der Waals surface area contributed by atoms with Crippen LogP contribution in [0.15, 0.2) is 48.6 Å². The van der Waals surface area contributed by atoms with Crippen LogP contribution in [0.25, 0.3) is 0 Å². The lowest BCUT2D eigenvalue weighted by Crippen LogP contribution is -2.08. The van der Waals surface area contributed by atoms with Gasteiger partial charge < -0.3 is 4.74 Å². The van der Waals surface area contributed by atoms with Crippen molar-refractivity contribution in [3.63, 3.8) is 0 Å². The number of aldehydes is 1. The molecule has 2 rings (SSSR count). The molecular weight excluding hydrogens is 267 g/mol. The molecule has 2 nitrogen and oxygen atoms in total. The van der Waals surface area contributed by atoms with Crippen LogP contribution in [0.2, 0.25) is 5.02 Å². The number of ether oxygens (including phenoxy) is 1. The Hall–Kier alpha value is -1.87. The molecule has 0 spiro atoms. The van der Waals surface area contributed by atoms with Crippen LogP contribution in [-0.2, 0) is 0 Å². The highest BCUT2D eigenvalue weighted by molar-refractivity contribution is 6.34. The van der Waals surface area contributed by atoms with Crippen molar-refractivity contribution >= 4 is 17.9 Å². The van der Waals surface area contributed by atoms with Crippen molar-refractivity contribution < 1.29 is 13.9 Å². The molecule has 98 valence electrons. The van der Waals surface area contributed by atoms with Gasteiger partial charge in [0.1, 0.15) is 11.6 Å². The summed E-state index contributed by atoms with van der Waals surface area (Å²) in [6.07, 6.45) is 12.1. The van der Waals surface area contributed by atoms with E-state index in [-0.39, 0.29) is 16.5 Å². The van der Waals surface area contributed by atoms with Gasteiger partial charge in [0.05, 0.1) is 17.2 Å². The fourth-order valence-electron chi connectivity index (χ4n) is 1.67. The molecule has 1 aliphatic carbocycles. The third-order valence-electron chi connectivity index (χ3n) is 2.69. The number of allylic oxidation sites excluding steroid dienone is 4. The topological polar surface area (TPSA) is 26.3 Å². The average Bonchev–Trinajstić information content (AvgIpc) is 2.67. The summed E-state index contributed by atoms with van der Waals surface area (Å²) >= 11 is 5.92. The van der Waals surface area contributed by atoms with Crippen molar-refractivity contribution in [2.75, 3.05) is 6.61 Å². The normalized spacial score (nSPS) is 14.4. The van der Waals surface area contributed by atoms with E-state index in [1.54, 1.807) is 0 Å². The van der Waals surface area contributed by atoms with Crippen LogP contribution in [-0.4, -0.2) is 12.9 Å². The van der Waals surface area contributed by atoms with E-state index in [2.05, 4.69) is 0 Å². The number of hydrogen-bond donors (Lipinski definition) is 0. The van der Waals surface area contributed by atoms with Gasteiger partial charge in [-0.1, -0.05) is 48.1 Å². The highest BCUT2D eigenvalue weighted by Crippen LogP contribution is 2.29. The van der Waals surface area contributed by atoms with Gasteiger partial charge >= 0.3 is 0 Å². The quantitative estimate of drug-likeness (QED) is 0.779. The van der Waals surface area contributed by atoms with Gasteiger partial charge in [-0.05, 0) is 12.1 Å². The largest absolute Gasteiger partial charge is 0.491 e. The number of hydrogen-bond acceptors (Lipinski definition) is 2. The van der Waals surface area contributed by atoms with Gasteiger partial charge in [-0.15, -0.1) is 0 Å². The number of carbonyl (C=O) groups excluding carboxylic acids is 1. The Balaban J connectivity index is 2.10. The first-order valence-electron chi connectivity index (χ1n) is 5.80. The summed E-state index contributed by atoms with van der Waals surface area (Å²) in [4.78, 5) is 10.7. The summed E-state index contributed by atoms with van der Waals surface area (Å²) in [5.74, 6) is -0.231. The molecule has 0 saturated heterocycles. The lowest BCUT2D eigenvalue weighted by molar-refractivity contribution is 0.111. The van der Waals surface area contributed by atoms with E-state index >= 15 is 0 Å². The Labute approximate surface area is 115 Å². The predicted octanol–water partition coefficient (Wildman–Crippen LogP) is 3.97. The summed E-state index contributed by atoms with van der Waals surface area (Å²) in [5.41, 5.74) is -0.173. The van der Waals surface area contributed by atoms with Crippen LogP contribution in [0.5, 0.6) is 5.75 Å². The molecule has 0 bridgehead atoms. The molecule has 0 heterocycles. The zero-order chi connectivity index (χ0) is 13.7. The minimum absolute atomic E-state index is 0.00899. The van der Waals surface area contributed by atoms with Crippen molar-refractivity contribution in [3.8, 4) is 5.75 Å². The molecule has 4 heteroatoms. The van der Waals surface area contributed by atoms with Crippen LogP contribution in [0.3, 0.4) is 0 Å². The van der Waals surface area contributed by atoms with Gasteiger partial charge in [0, 0.05) is 5.92 Å². The van der Waals surface area contributed by atoms with Gasteiger partial charge in [-0.25, -0.2) is 4.39 Å². The maximum absolute atomic E-state index is 13.3. The minimum Gasteiger partial charge on any atom is -0.491 e. The second kappa shape index (κ2) is 6.34. The van der Waals surface area contributed by atoms with Gasteiger partial charge in [0.25, 0.3) is 0 Å².